The fourth-order valence-electron chi connectivity index (χ4n) is 2.39. The van der Waals surface area contributed by atoms with Crippen LogP contribution in [-0.2, 0) is 4.79 Å². The largest absolute Gasteiger partial charge is 0.343 e. The molecule has 3 nitrogen and oxygen atoms in total. The summed E-state index contributed by atoms with van der Waals surface area (Å²) in [4.78, 5) is 15.6. The first-order chi connectivity index (χ1) is 7.63. The van der Waals surface area contributed by atoms with Gasteiger partial charge in [0.15, 0.2) is 0 Å². The Kier molecular flexibility index (Phi) is 5.81. The zero-order valence-electron chi connectivity index (χ0n) is 11.0. The van der Waals surface area contributed by atoms with Crippen LogP contribution < -0.4 is 0 Å². The smallest absolute Gasteiger partial charge is 0.219 e. The average molecular weight is 226 g/mol. The van der Waals surface area contributed by atoms with Gasteiger partial charge in [-0.3, -0.25) is 4.79 Å². The number of unbranched alkanes of at least 4 members (excludes halogenated alkanes) is 1. The SMILES string of the molecule is CCCCN(C)CC1CCN(C(C)=O)CC1. The van der Waals surface area contributed by atoms with Crippen LogP contribution >= 0.6 is 0 Å². The van der Waals surface area contributed by atoms with Gasteiger partial charge in [0.25, 0.3) is 0 Å². The zero-order valence-corrected chi connectivity index (χ0v) is 11.0. The minimum absolute atomic E-state index is 0.234. The number of carbonyl (C=O) groups is 1. The number of rotatable bonds is 5. The van der Waals surface area contributed by atoms with E-state index in [-0.39, 0.29) is 5.91 Å². The summed E-state index contributed by atoms with van der Waals surface area (Å²) >= 11 is 0. The Hall–Kier alpha value is -0.570. The van der Waals surface area contributed by atoms with Gasteiger partial charge in [0.05, 0.1) is 0 Å². The molecule has 0 spiro atoms. The molecule has 16 heavy (non-hydrogen) atoms. The monoisotopic (exact) mass is 226 g/mol. The number of hydrogen-bond donors (Lipinski definition) is 0. The third-order valence-corrected chi connectivity index (χ3v) is 3.52. The van der Waals surface area contributed by atoms with Crippen molar-refractivity contribution in [3.05, 3.63) is 0 Å². The lowest BCUT2D eigenvalue weighted by Gasteiger charge is -2.33. The highest BCUT2D eigenvalue weighted by molar-refractivity contribution is 5.73. The van der Waals surface area contributed by atoms with Crippen molar-refractivity contribution >= 4 is 5.91 Å². The second kappa shape index (κ2) is 6.89. The van der Waals surface area contributed by atoms with Crippen molar-refractivity contribution in [3.63, 3.8) is 0 Å². The number of carbonyl (C=O) groups excluding carboxylic acids is 1. The minimum atomic E-state index is 0.234. The Bertz CT molecular complexity index is 210. The van der Waals surface area contributed by atoms with Crippen LogP contribution in [0.15, 0.2) is 0 Å². The van der Waals surface area contributed by atoms with E-state index in [9.17, 15) is 4.79 Å². The fraction of sp³-hybridized carbons (Fsp3) is 0.923. The van der Waals surface area contributed by atoms with Gasteiger partial charge in [-0.15, -0.1) is 0 Å². The van der Waals surface area contributed by atoms with Crippen LogP contribution in [0.3, 0.4) is 0 Å². The van der Waals surface area contributed by atoms with Gasteiger partial charge in [-0.2, -0.15) is 0 Å². The normalized spacial score (nSPS) is 18.1. The highest BCUT2D eigenvalue weighted by atomic mass is 16.2. The number of nitrogens with zero attached hydrogens (tertiary/aromatic N) is 2. The predicted octanol–water partition coefficient (Wildman–Crippen LogP) is 1.98. The van der Waals surface area contributed by atoms with Gasteiger partial charge >= 0.3 is 0 Å². The first kappa shape index (κ1) is 13.5. The summed E-state index contributed by atoms with van der Waals surface area (Å²) in [7, 11) is 2.22. The van der Waals surface area contributed by atoms with E-state index in [1.54, 1.807) is 6.92 Å². The lowest BCUT2D eigenvalue weighted by Crippen LogP contribution is -2.40. The number of piperidine rings is 1. The Morgan fingerprint density at radius 2 is 2.00 bits per heavy atom. The van der Waals surface area contributed by atoms with Crippen LogP contribution in [0.1, 0.15) is 39.5 Å². The van der Waals surface area contributed by atoms with E-state index >= 15 is 0 Å². The molecule has 0 radical (unpaired) electrons. The molecule has 1 aliphatic rings. The third-order valence-electron chi connectivity index (χ3n) is 3.52. The van der Waals surface area contributed by atoms with Crippen LogP contribution in [0.2, 0.25) is 0 Å². The van der Waals surface area contributed by atoms with Crippen molar-refractivity contribution in [2.24, 2.45) is 5.92 Å². The molecular weight excluding hydrogens is 200 g/mol. The van der Waals surface area contributed by atoms with Gasteiger partial charge in [-0.1, -0.05) is 13.3 Å². The summed E-state index contributed by atoms with van der Waals surface area (Å²) in [5, 5.41) is 0. The van der Waals surface area contributed by atoms with Crippen molar-refractivity contribution in [2.45, 2.75) is 39.5 Å². The molecule has 0 aromatic rings. The molecule has 1 rings (SSSR count). The maximum atomic E-state index is 11.2. The lowest BCUT2D eigenvalue weighted by atomic mass is 9.96. The molecule has 1 fully saturated rings. The predicted molar refractivity (Wildman–Crippen MR) is 67.4 cm³/mol. The van der Waals surface area contributed by atoms with Gasteiger partial charge < -0.3 is 9.80 Å². The van der Waals surface area contributed by atoms with E-state index in [4.69, 9.17) is 0 Å². The van der Waals surface area contributed by atoms with Gasteiger partial charge in [0.2, 0.25) is 5.91 Å². The second-order valence-corrected chi connectivity index (χ2v) is 5.07. The molecule has 94 valence electrons. The molecule has 0 aliphatic carbocycles. The highest BCUT2D eigenvalue weighted by Crippen LogP contribution is 2.18. The molecule has 0 unspecified atom stereocenters. The molecule has 1 aliphatic heterocycles. The Balaban J connectivity index is 2.18. The number of amides is 1. The Morgan fingerprint density at radius 1 is 1.38 bits per heavy atom. The zero-order chi connectivity index (χ0) is 12.0. The maximum absolute atomic E-state index is 11.2. The van der Waals surface area contributed by atoms with Crippen LogP contribution in [-0.4, -0.2) is 48.9 Å². The molecule has 0 saturated carbocycles. The summed E-state index contributed by atoms with van der Waals surface area (Å²) < 4.78 is 0. The summed E-state index contributed by atoms with van der Waals surface area (Å²) in [6, 6.07) is 0. The molecule has 0 aromatic heterocycles. The number of likely N-dealkylation sites (tertiary alicyclic amines) is 1. The molecular formula is C13H26N2O. The van der Waals surface area contributed by atoms with Crippen molar-refractivity contribution in [3.8, 4) is 0 Å². The molecule has 0 aromatic carbocycles. The molecule has 0 atom stereocenters. The lowest BCUT2D eigenvalue weighted by molar-refractivity contribution is -0.130. The van der Waals surface area contributed by atoms with Crippen molar-refractivity contribution in [1.29, 1.82) is 0 Å². The van der Waals surface area contributed by atoms with E-state index in [0.29, 0.717) is 0 Å². The quantitative estimate of drug-likeness (QED) is 0.715. The minimum Gasteiger partial charge on any atom is -0.343 e. The maximum Gasteiger partial charge on any atom is 0.219 e. The topological polar surface area (TPSA) is 23.6 Å². The Morgan fingerprint density at radius 3 is 2.50 bits per heavy atom. The van der Waals surface area contributed by atoms with Crippen LogP contribution in [0.5, 0.6) is 0 Å². The first-order valence-corrected chi connectivity index (χ1v) is 6.57. The molecule has 3 heteroatoms. The average Bonchev–Trinajstić information content (AvgIpc) is 2.27. The molecule has 0 bridgehead atoms. The van der Waals surface area contributed by atoms with E-state index in [0.717, 1.165) is 19.0 Å². The van der Waals surface area contributed by atoms with Crippen molar-refractivity contribution < 1.29 is 4.79 Å². The molecule has 1 saturated heterocycles. The van der Waals surface area contributed by atoms with Gasteiger partial charge in [-0.05, 0) is 38.8 Å². The van der Waals surface area contributed by atoms with E-state index < -0.39 is 0 Å². The van der Waals surface area contributed by atoms with Gasteiger partial charge in [0.1, 0.15) is 0 Å². The first-order valence-electron chi connectivity index (χ1n) is 6.57. The van der Waals surface area contributed by atoms with E-state index in [2.05, 4.69) is 18.9 Å². The van der Waals surface area contributed by atoms with Crippen LogP contribution in [0, 0.1) is 5.92 Å². The van der Waals surface area contributed by atoms with Gasteiger partial charge in [-0.25, -0.2) is 0 Å². The number of hydrogen-bond acceptors (Lipinski definition) is 2. The highest BCUT2D eigenvalue weighted by Gasteiger charge is 2.21. The van der Waals surface area contributed by atoms with E-state index in [1.165, 1.54) is 38.8 Å². The summed E-state index contributed by atoms with van der Waals surface area (Å²) in [5.74, 6) is 1.02. The third kappa shape index (κ3) is 4.52. The van der Waals surface area contributed by atoms with Crippen molar-refractivity contribution in [2.75, 3.05) is 33.2 Å². The van der Waals surface area contributed by atoms with Gasteiger partial charge in [0, 0.05) is 26.6 Å². The van der Waals surface area contributed by atoms with Crippen molar-refractivity contribution in [1.82, 2.24) is 9.80 Å². The van der Waals surface area contributed by atoms with Crippen LogP contribution in [0.4, 0.5) is 0 Å². The fourth-order valence-corrected chi connectivity index (χ4v) is 2.39. The van der Waals surface area contributed by atoms with Crippen LogP contribution in [0.25, 0.3) is 0 Å². The second-order valence-electron chi connectivity index (χ2n) is 5.07. The standard InChI is InChI=1S/C13H26N2O/c1-4-5-8-14(3)11-13-6-9-15(10-7-13)12(2)16/h13H,4-11H2,1-3H3. The Labute approximate surface area is 99.8 Å². The molecule has 1 heterocycles. The molecule has 0 N–H and O–H groups in total. The van der Waals surface area contributed by atoms with E-state index in [1.807, 2.05) is 4.90 Å². The summed E-state index contributed by atoms with van der Waals surface area (Å²) in [6.45, 7) is 8.24. The summed E-state index contributed by atoms with van der Waals surface area (Å²) in [5.41, 5.74) is 0. The molecule has 1 amide bonds. The summed E-state index contributed by atoms with van der Waals surface area (Å²) in [6.07, 6.45) is 4.92.